The van der Waals surface area contributed by atoms with Crippen molar-refractivity contribution in [2.24, 2.45) is 58.2 Å². The number of hydrogen-bond acceptors (Lipinski definition) is 3. The summed E-state index contributed by atoms with van der Waals surface area (Å²) in [5.41, 5.74) is 0.0304. The molecule has 3 N–H and O–H groups in total. The van der Waals surface area contributed by atoms with Gasteiger partial charge in [-0.05, 0) is 90.8 Å². The zero-order valence-corrected chi connectivity index (χ0v) is 20.4. The van der Waals surface area contributed by atoms with E-state index in [0.29, 0.717) is 36.0 Å². The van der Waals surface area contributed by atoms with Crippen LogP contribution in [0.25, 0.3) is 0 Å². The van der Waals surface area contributed by atoms with Gasteiger partial charge in [-0.15, -0.1) is 0 Å². The third-order valence-electron chi connectivity index (χ3n) is 11.3. The molecule has 4 saturated carbocycles. The summed E-state index contributed by atoms with van der Waals surface area (Å²) in [4.78, 5) is 11.5. The summed E-state index contributed by atoms with van der Waals surface area (Å²) >= 11 is 0. The lowest BCUT2D eigenvalue weighted by atomic mass is 9.41. The van der Waals surface area contributed by atoms with E-state index in [-0.39, 0.29) is 40.8 Å². The number of carboxylic acid groups (broad SMARTS) is 1. The van der Waals surface area contributed by atoms with Crippen molar-refractivity contribution in [1.29, 1.82) is 0 Å². The second-order valence-corrected chi connectivity index (χ2v) is 12.5. The van der Waals surface area contributed by atoms with E-state index in [1.165, 1.54) is 25.7 Å². The van der Waals surface area contributed by atoms with E-state index >= 15 is 0 Å². The van der Waals surface area contributed by atoms with Crippen molar-refractivity contribution < 1.29 is 20.1 Å². The fraction of sp³-hybridized carbons (Fsp3) is 0.963. The standard InChI is InChI=1S/C27H46O4/c1-6-17-19-9-7-8-12-26(19,4)21-14-22(28)27(5)18(15(2)13-16(3)25(30)31)10-11-20(27)23(21)24(17)29/h15-24,28-29H,6-14H2,1-5H3,(H,30,31)/t15-,16+,17-,18-,19+,20+,21+,22+,23+,24-,26+,27-/m1/s1. The molecule has 4 nitrogen and oxygen atoms in total. The minimum absolute atomic E-state index is 0.212. The van der Waals surface area contributed by atoms with Gasteiger partial charge in [-0.1, -0.05) is 53.9 Å². The first-order valence-electron chi connectivity index (χ1n) is 13.2. The van der Waals surface area contributed by atoms with Crippen LogP contribution in [-0.4, -0.2) is 33.5 Å². The van der Waals surface area contributed by atoms with E-state index in [4.69, 9.17) is 0 Å². The Balaban J connectivity index is 1.66. The molecule has 0 aromatic rings. The lowest BCUT2D eigenvalue weighted by Crippen LogP contribution is -2.64. The summed E-state index contributed by atoms with van der Waals surface area (Å²) < 4.78 is 0. The van der Waals surface area contributed by atoms with Gasteiger partial charge in [0, 0.05) is 0 Å². The molecule has 0 aromatic carbocycles. The van der Waals surface area contributed by atoms with Gasteiger partial charge < -0.3 is 15.3 Å². The Morgan fingerprint density at radius 1 is 1.03 bits per heavy atom. The molecule has 0 aromatic heterocycles. The second-order valence-electron chi connectivity index (χ2n) is 12.5. The molecule has 12 atom stereocenters. The number of carbonyl (C=O) groups is 1. The van der Waals surface area contributed by atoms with Gasteiger partial charge in [0.15, 0.2) is 0 Å². The lowest BCUT2D eigenvalue weighted by molar-refractivity contribution is -0.222. The molecule has 4 aliphatic carbocycles. The molecule has 0 radical (unpaired) electrons. The number of hydrogen-bond donors (Lipinski definition) is 3. The third-order valence-corrected chi connectivity index (χ3v) is 11.3. The smallest absolute Gasteiger partial charge is 0.306 e. The van der Waals surface area contributed by atoms with Crippen LogP contribution >= 0.6 is 0 Å². The molecule has 0 amide bonds. The first-order chi connectivity index (χ1) is 14.6. The predicted octanol–water partition coefficient (Wildman–Crippen LogP) is 5.36. The van der Waals surface area contributed by atoms with Crippen LogP contribution in [0.3, 0.4) is 0 Å². The number of fused-ring (bicyclic) bond motifs is 5. The zero-order valence-electron chi connectivity index (χ0n) is 20.4. The summed E-state index contributed by atoms with van der Waals surface area (Å²) in [5, 5.41) is 32.8. The third kappa shape index (κ3) is 3.41. The van der Waals surface area contributed by atoms with Crippen molar-refractivity contribution >= 4 is 5.97 Å². The second kappa shape index (κ2) is 8.31. The maximum absolute atomic E-state index is 11.7. The Labute approximate surface area is 189 Å². The molecular weight excluding hydrogens is 388 g/mol. The highest BCUT2D eigenvalue weighted by Crippen LogP contribution is 2.69. The first kappa shape index (κ1) is 23.5. The van der Waals surface area contributed by atoms with Crippen molar-refractivity contribution in [3.8, 4) is 0 Å². The Hall–Kier alpha value is -0.610. The van der Waals surface area contributed by atoms with Crippen molar-refractivity contribution in [2.45, 2.75) is 105 Å². The molecule has 4 rings (SSSR count). The topological polar surface area (TPSA) is 77.8 Å². The van der Waals surface area contributed by atoms with Gasteiger partial charge >= 0.3 is 5.97 Å². The Kier molecular flexibility index (Phi) is 6.31. The SMILES string of the molecule is CC[C@H]1[C@@H](O)[C@@H]2[C@H](C[C@H](O)[C@]3(C)[C@@H]([C@H](C)C[C@H](C)C(=O)O)CC[C@@H]23)[C@@]2(C)CCCC[C@@H]12. The number of aliphatic hydroxyl groups is 2. The number of carboxylic acids is 1. The van der Waals surface area contributed by atoms with E-state index in [1.807, 2.05) is 6.92 Å². The minimum Gasteiger partial charge on any atom is -0.481 e. The monoisotopic (exact) mass is 434 g/mol. The minimum atomic E-state index is -0.722. The molecule has 4 heteroatoms. The van der Waals surface area contributed by atoms with Gasteiger partial charge in [-0.25, -0.2) is 0 Å². The maximum atomic E-state index is 11.7. The largest absolute Gasteiger partial charge is 0.481 e. The average Bonchev–Trinajstić information content (AvgIpc) is 3.08. The van der Waals surface area contributed by atoms with E-state index < -0.39 is 5.97 Å². The highest BCUT2D eigenvalue weighted by Gasteiger charge is 2.66. The van der Waals surface area contributed by atoms with Crippen molar-refractivity contribution in [2.75, 3.05) is 0 Å². The van der Waals surface area contributed by atoms with Gasteiger partial charge in [-0.3, -0.25) is 4.79 Å². The van der Waals surface area contributed by atoms with Gasteiger partial charge in [0.05, 0.1) is 18.1 Å². The van der Waals surface area contributed by atoms with Gasteiger partial charge in [0.1, 0.15) is 0 Å². The Bertz CT molecular complexity index is 678. The summed E-state index contributed by atoms with van der Waals surface area (Å²) in [7, 11) is 0. The highest BCUT2D eigenvalue weighted by molar-refractivity contribution is 5.69. The van der Waals surface area contributed by atoms with Crippen LogP contribution < -0.4 is 0 Å². The van der Waals surface area contributed by atoms with Crippen LogP contribution in [0, 0.1) is 58.2 Å². The molecule has 0 unspecified atom stereocenters. The highest BCUT2D eigenvalue weighted by atomic mass is 16.4. The Morgan fingerprint density at radius 2 is 1.74 bits per heavy atom. The molecular formula is C27H46O4. The normalized spacial score (nSPS) is 51.3. The van der Waals surface area contributed by atoms with Crippen LogP contribution in [-0.2, 0) is 4.79 Å². The quantitative estimate of drug-likeness (QED) is 0.544. The van der Waals surface area contributed by atoms with Gasteiger partial charge in [0.25, 0.3) is 0 Å². The van der Waals surface area contributed by atoms with Crippen LogP contribution in [0.2, 0.25) is 0 Å². The zero-order chi connectivity index (χ0) is 22.7. The molecule has 31 heavy (non-hydrogen) atoms. The molecule has 0 spiro atoms. The van der Waals surface area contributed by atoms with Crippen LogP contribution in [0.5, 0.6) is 0 Å². The molecule has 178 valence electrons. The fourth-order valence-corrected chi connectivity index (χ4v) is 9.79. The van der Waals surface area contributed by atoms with Gasteiger partial charge in [0.2, 0.25) is 0 Å². The molecule has 0 saturated heterocycles. The van der Waals surface area contributed by atoms with Gasteiger partial charge in [-0.2, -0.15) is 0 Å². The van der Waals surface area contributed by atoms with Crippen molar-refractivity contribution in [1.82, 2.24) is 0 Å². The molecule has 4 aliphatic rings. The van der Waals surface area contributed by atoms with Crippen LogP contribution in [0.1, 0.15) is 92.4 Å². The fourth-order valence-electron chi connectivity index (χ4n) is 9.79. The van der Waals surface area contributed by atoms with E-state index in [0.717, 1.165) is 25.7 Å². The summed E-state index contributed by atoms with van der Waals surface area (Å²) in [6, 6.07) is 0. The molecule has 0 bridgehead atoms. The Morgan fingerprint density at radius 3 is 2.39 bits per heavy atom. The van der Waals surface area contributed by atoms with Crippen LogP contribution in [0.4, 0.5) is 0 Å². The lowest BCUT2D eigenvalue weighted by Gasteiger charge is -2.65. The first-order valence-corrected chi connectivity index (χ1v) is 13.2. The maximum Gasteiger partial charge on any atom is 0.306 e. The van der Waals surface area contributed by atoms with Crippen molar-refractivity contribution in [3.63, 3.8) is 0 Å². The van der Waals surface area contributed by atoms with Crippen molar-refractivity contribution in [3.05, 3.63) is 0 Å². The molecule has 0 heterocycles. The number of aliphatic carboxylic acids is 1. The molecule has 4 fully saturated rings. The van der Waals surface area contributed by atoms with Crippen LogP contribution in [0.15, 0.2) is 0 Å². The predicted molar refractivity (Wildman–Crippen MR) is 122 cm³/mol. The van der Waals surface area contributed by atoms with E-state index in [9.17, 15) is 20.1 Å². The summed E-state index contributed by atoms with van der Waals surface area (Å²) in [6.07, 6.45) is 9.10. The van der Waals surface area contributed by atoms with E-state index in [1.54, 1.807) is 0 Å². The number of rotatable bonds is 5. The number of aliphatic hydroxyl groups excluding tert-OH is 2. The van der Waals surface area contributed by atoms with E-state index in [2.05, 4.69) is 27.7 Å². The molecule has 0 aliphatic heterocycles. The summed E-state index contributed by atoms with van der Waals surface area (Å²) in [5.74, 6) is 1.55. The summed E-state index contributed by atoms with van der Waals surface area (Å²) in [6.45, 7) is 11.0. The average molecular weight is 435 g/mol.